The SMILES string of the molecule is CCCc1ccc(NC(=O)Cc2ccc(OC)cc2)cc1. The van der Waals surface area contributed by atoms with Gasteiger partial charge >= 0.3 is 0 Å². The molecular weight excluding hydrogens is 262 g/mol. The molecule has 3 heteroatoms. The van der Waals surface area contributed by atoms with Crippen molar-refractivity contribution in [2.45, 2.75) is 26.2 Å². The molecule has 0 saturated heterocycles. The highest BCUT2D eigenvalue weighted by molar-refractivity contribution is 5.92. The molecule has 0 radical (unpaired) electrons. The average molecular weight is 283 g/mol. The van der Waals surface area contributed by atoms with Crippen molar-refractivity contribution in [3.05, 3.63) is 59.7 Å². The highest BCUT2D eigenvalue weighted by atomic mass is 16.5. The number of nitrogens with one attached hydrogen (secondary N) is 1. The summed E-state index contributed by atoms with van der Waals surface area (Å²) in [6.45, 7) is 2.16. The van der Waals surface area contributed by atoms with Gasteiger partial charge in [-0.15, -0.1) is 0 Å². The molecule has 2 rings (SSSR count). The minimum Gasteiger partial charge on any atom is -0.497 e. The largest absolute Gasteiger partial charge is 0.497 e. The van der Waals surface area contributed by atoms with Crippen molar-refractivity contribution < 1.29 is 9.53 Å². The van der Waals surface area contributed by atoms with Crippen molar-refractivity contribution in [3.8, 4) is 5.75 Å². The summed E-state index contributed by atoms with van der Waals surface area (Å²) in [6.07, 6.45) is 2.56. The Morgan fingerprint density at radius 2 is 1.62 bits per heavy atom. The summed E-state index contributed by atoms with van der Waals surface area (Å²) in [6, 6.07) is 15.6. The summed E-state index contributed by atoms with van der Waals surface area (Å²) in [4.78, 5) is 12.0. The van der Waals surface area contributed by atoms with Crippen LogP contribution in [0.5, 0.6) is 5.75 Å². The van der Waals surface area contributed by atoms with Gasteiger partial charge in [-0.3, -0.25) is 4.79 Å². The molecule has 0 aromatic heterocycles. The van der Waals surface area contributed by atoms with Crippen LogP contribution in [0.25, 0.3) is 0 Å². The minimum absolute atomic E-state index is 0.0107. The fourth-order valence-electron chi connectivity index (χ4n) is 2.18. The first kappa shape index (κ1) is 15.1. The lowest BCUT2D eigenvalue weighted by atomic mass is 10.1. The lowest BCUT2D eigenvalue weighted by molar-refractivity contribution is -0.115. The predicted octanol–water partition coefficient (Wildman–Crippen LogP) is 3.83. The Hall–Kier alpha value is -2.29. The van der Waals surface area contributed by atoms with Gasteiger partial charge in [0.1, 0.15) is 5.75 Å². The number of amides is 1. The topological polar surface area (TPSA) is 38.3 Å². The van der Waals surface area contributed by atoms with E-state index in [0.29, 0.717) is 6.42 Å². The molecule has 2 aromatic rings. The maximum Gasteiger partial charge on any atom is 0.228 e. The molecule has 21 heavy (non-hydrogen) atoms. The zero-order chi connectivity index (χ0) is 15.1. The molecule has 0 fully saturated rings. The molecule has 0 bridgehead atoms. The Kier molecular flexibility index (Phi) is 5.38. The molecule has 3 nitrogen and oxygen atoms in total. The normalized spacial score (nSPS) is 10.2. The van der Waals surface area contributed by atoms with Crippen molar-refractivity contribution in [1.29, 1.82) is 0 Å². The van der Waals surface area contributed by atoms with Crippen LogP contribution in [0.15, 0.2) is 48.5 Å². The molecule has 0 spiro atoms. The van der Waals surface area contributed by atoms with E-state index in [1.807, 2.05) is 36.4 Å². The Balaban J connectivity index is 1.91. The van der Waals surface area contributed by atoms with E-state index >= 15 is 0 Å². The second-order valence-corrected chi connectivity index (χ2v) is 5.02. The standard InChI is InChI=1S/C18H21NO2/c1-3-4-14-5-9-16(10-6-14)19-18(20)13-15-7-11-17(21-2)12-8-15/h5-12H,3-4,13H2,1-2H3,(H,19,20). The van der Waals surface area contributed by atoms with Gasteiger partial charge in [-0.05, 0) is 41.8 Å². The van der Waals surface area contributed by atoms with Gasteiger partial charge < -0.3 is 10.1 Å². The highest BCUT2D eigenvalue weighted by Crippen LogP contribution is 2.14. The van der Waals surface area contributed by atoms with E-state index in [1.165, 1.54) is 5.56 Å². The van der Waals surface area contributed by atoms with E-state index in [1.54, 1.807) is 7.11 Å². The van der Waals surface area contributed by atoms with Gasteiger partial charge in [0.15, 0.2) is 0 Å². The molecule has 1 amide bonds. The third-order valence-corrected chi connectivity index (χ3v) is 3.30. The van der Waals surface area contributed by atoms with E-state index in [-0.39, 0.29) is 5.91 Å². The maximum absolute atomic E-state index is 12.0. The van der Waals surface area contributed by atoms with E-state index in [0.717, 1.165) is 29.8 Å². The molecule has 0 heterocycles. The predicted molar refractivity (Wildman–Crippen MR) is 85.8 cm³/mol. The summed E-state index contributed by atoms with van der Waals surface area (Å²) in [5, 5.41) is 2.92. The smallest absolute Gasteiger partial charge is 0.228 e. The van der Waals surface area contributed by atoms with Crippen molar-refractivity contribution in [3.63, 3.8) is 0 Å². The van der Waals surface area contributed by atoms with E-state index < -0.39 is 0 Å². The van der Waals surface area contributed by atoms with Crippen LogP contribution in [-0.4, -0.2) is 13.0 Å². The first-order valence-electron chi connectivity index (χ1n) is 7.23. The van der Waals surface area contributed by atoms with Crippen molar-refractivity contribution in [2.24, 2.45) is 0 Å². The zero-order valence-electron chi connectivity index (χ0n) is 12.6. The third kappa shape index (κ3) is 4.63. The number of benzene rings is 2. The van der Waals surface area contributed by atoms with E-state index in [4.69, 9.17) is 4.74 Å². The number of carbonyl (C=O) groups is 1. The van der Waals surface area contributed by atoms with Crippen LogP contribution < -0.4 is 10.1 Å². The van der Waals surface area contributed by atoms with Gasteiger partial charge in [0, 0.05) is 5.69 Å². The summed E-state index contributed by atoms with van der Waals surface area (Å²) in [5.41, 5.74) is 3.11. The Morgan fingerprint density at radius 1 is 1.00 bits per heavy atom. The number of hydrogen-bond donors (Lipinski definition) is 1. The number of carbonyl (C=O) groups excluding carboxylic acids is 1. The number of hydrogen-bond acceptors (Lipinski definition) is 2. The maximum atomic E-state index is 12.0. The van der Waals surface area contributed by atoms with Gasteiger partial charge in [0.25, 0.3) is 0 Å². The molecule has 0 atom stereocenters. The third-order valence-electron chi connectivity index (χ3n) is 3.30. The highest BCUT2D eigenvalue weighted by Gasteiger charge is 2.04. The summed E-state index contributed by atoms with van der Waals surface area (Å²) in [5.74, 6) is 0.786. The fraction of sp³-hybridized carbons (Fsp3) is 0.278. The van der Waals surface area contributed by atoms with Crippen LogP contribution in [0.4, 0.5) is 5.69 Å². The van der Waals surface area contributed by atoms with Crippen molar-refractivity contribution in [1.82, 2.24) is 0 Å². The monoisotopic (exact) mass is 283 g/mol. The fourth-order valence-corrected chi connectivity index (χ4v) is 2.18. The number of methoxy groups -OCH3 is 1. The number of aryl methyl sites for hydroxylation is 1. The van der Waals surface area contributed by atoms with Crippen molar-refractivity contribution in [2.75, 3.05) is 12.4 Å². The molecule has 0 saturated carbocycles. The van der Waals surface area contributed by atoms with Gasteiger partial charge in [0.05, 0.1) is 13.5 Å². The van der Waals surface area contributed by atoms with Crippen LogP contribution in [0.3, 0.4) is 0 Å². The Bertz CT molecular complexity index is 573. The van der Waals surface area contributed by atoms with Crippen LogP contribution in [0, 0.1) is 0 Å². The quantitative estimate of drug-likeness (QED) is 0.875. The second kappa shape index (κ2) is 7.48. The van der Waals surface area contributed by atoms with Crippen molar-refractivity contribution >= 4 is 11.6 Å². The lowest BCUT2D eigenvalue weighted by Gasteiger charge is -2.07. The first-order chi connectivity index (χ1) is 10.2. The number of rotatable bonds is 6. The van der Waals surface area contributed by atoms with E-state index in [9.17, 15) is 4.79 Å². The molecule has 0 aliphatic carbocycles. The molecule has 1 N–H and O–H groups in total. The van der Waals surface area contributed by atoms with Gasteiger partial charge in [-0.2, -0.15) is 0 Å². The molecule has 2 aromatic carbocycles. The lowest BCUT2D eigenvalue weighted by Crippen LogP contribution is -2.14. The van der Waals surface area contributed by atoms with Gasteiger partial charge in [-0.1, -0.05) is 37.6 Å². The first-order valence-corrected chi connectivity index (χ1v) is 7.23. The summed E-state index contributed by atoms with van der Waals surface area (Å²) in [7, 11) is 1.63. The molecule has 0 aliphatic rings. The number of ether oxygens (including phenoxy) is 1. The Labute approximate surface area is 126 Å². The second-order valence-electron chi connectivity index (χ2n) is 5.02. The van der Waals surface area contributed by atoms with Gasteiger partial charge in [0.2, 0.25) is 5.91 Å². The number of anilines is 1. The average Bonchev–Trinajstić information content (AvgIpc) is 2.50. The van der Waals surface area contributed by atoms with Crippen LogP contribution in [-0.2, 0) is 17.6 Å². The summed E-state index contributed by atoms with van der Waals surface area (Å²) < 4.78 is 5.10. The molecule has 0 aliphatic heterocycles. The summed E-state index contributed by atoms with van der Waals surface area (Å²) >= 11 is 0. The van der Waals surface area contributed by atoms with E-state index in [2.05, 4.69) is 24.4 Å². The van der Waals surface area contributed by atoms with Crippen LogP contribution in [0.2, 0.25) is 0 Å². The molecule has 110 valence electrons. The zero-order valence-corrected chi connectivity index (χ0v) is 12.6. The molecule has 0 unspecified atom stereocenters. The van der Waals surface area contributed by atoms with Gasteiger partial charge in [-0.25, -0.2) is 0 Å². The Morgan fingerprint density at radius 3 is 2.19 bits per heavy atom. The van der Waals surface area contributed by atoms with Crippen LogP contribution in [0.1, 0.15) is 24.5 Å². The minimum atomic E-state index is -0.0107. The molecular formula is C18H21NO2. The van der Waals surface area contributed by atoms with Crippen LogP contribution >= 0.6 is 0 Å².